The number of benzene rings is 1. The Balaban J connectivity index is 2.06. The fourth-order valence-electron chi connectivity index (χ4n) is 2.72. The highest BCUT2D eigenvalue weighted by molar-refractivity contribution is 9.10. The lowest BCUT2D eigenvalue weighted by molar-refractivity contribution is 0.128. The van der Waals surface area contributed by atoms with Crippen molar-refractivity contribution in [1.82, 2.24) is 4.90 Å². The maximum atomic E-state index is 5.96. The van der Waals surface area contributed by atoms with Crippen LogP contribution in [0.15, 0.2) is 22.7 Å². The zero-order valence-corrected chi connectivity index (χ0v) is 14.6. The van der Waals surface area contributed by atoms with Gasteiger partial charge in [-0.1, -0.05) is 22.0 Å². The van der Waals surface area contributed by atoms with E-state index >= 15 is 0 Å². The van der Waals surface area contributed by atoms with Gasteiger partial charge in [-0.2, -0.15) is 0 Å². The molecular formula is C16H26BrN3. The Labute approximate surface area is 131 Å². The molecule has 112 valence electrons. The number of nitrogens with two attached hydrogens (primary N) is 1. The number of rotatable bonds is 2. The first kappa shape index (κ1) is 15.8. The van der Waals surface area contributed by atoms with Crippen LogP contribution in [0, 0.1) is 0 Å². The van der Waals surface area contributed by atoms with Crippen LogP contribution in [-0.2, 0) is 0 Å². The molecule has 1 fully saturated rings. The summed E-state index contributed by atoms with van der Waals surface area (Å²) in [6, 6.07) is 6.60. The number of anilines is 1. The smallest absolute Gasteiger partial charge is 0.0378 e. The van der Waals surface area contributed by atoms with E-state index in [0.29, 0.717) is 0 Å². The van der Waals surface area contributed by atoms with Crippen molar-refractivity contribution in [1.29, 1.82) is 0 Å². The average Bonchev–Trinajstić information content (AvgIpc) is 2.37. The number of hydrogen-bond acceptors (Lipinski definition) is 3. The van der Waals surface area contributed by atoms with Gasteiger partial charge in [0.2, 0.25) is 0 Å². The molecule has 0 aliphatic carbocycles. The third-order valence-corrected chi connectivity index (χ3v) is 4.75. The molecule has 1 aromatic rings. The number of halogens is 1. The summed E-state index contributed by atoms with van der Waals surface area (Å²) in [7, 11) is 0. The summed E-state index contributed by atoms with van der Waals surface area (Å²) in [4.78, 5) is 5.01. The molecular weight excluding hydrogens is 314 g/mol. The maximum absolute atomic E-state index is 5.96. The summed E-state index contributed by atoms with van der Waals surface area (Å²) in [5, 5.41) is 0. The van der Waals surface area contributed by atoms with Gasteiger partial charge < -0.3 is 10.6 Å². The number of piperazine rings is 1. The van der Waals surface area contributed by atoms with E-state index in [9.17, 15) is 0 Å². The van der Waals surface area contributed by atoms with Gasteiger partial charge in [0.05, 0.1) is 0 Å². The molecule has 1 saturated heterocycles. The second-order valence-corrected chi connectivity index (χ2v) is 7.49. The highest BCUT2D eigenvalue weighted by atomic mass is 79.9. The first-order valence-electron chi connectivity index (χ1n) is 7.34. The first-order chi connectivity index (χ1) is 9.29. The minimum atomic E-state index is 0.0659. The summed E-state index contributed by atoms with van der Waals surface area (Å²) < 4.78 is 1.11. The molecule has 2 rings (SSSR count). The number of nitrogens with zero attached hydrogens (tertiary/aromatic N) is 2. The van der Waals surface area contributed by atoms with Crippen LogP contribution in [0.5, 0.6) is 0 Å². The van der Waals surface area contributed by atoms with Crippen LogP contribution in [0.1, 0.15) is 39.3 Å². The molecule has 0 bridgehead atoms. The highest BCUT2D eigenvalue weighted by Crippen LogP contribution is 2.28. The molecule has 1 aliphatic rings. The van der Waals surface area contributed by atoms with Crippen LogP contribution in [0.4, 0.5) is 5.69 Å². The van der Waals surface area contributed by atoms with E-state index < -0.39 is 0 Å². The Kier molecular flexibility index (Phi) is 4.77. The molecule has 4 heteroatoms. The van der Waals surface area contributed by atoms with Gasteiger partial charge in [-0.15, -0.1) is 0 Å². The van der Waals surface area contributed by atoms with E-state index in [4.69, 9.17) is 5.73 Å². The molecule has 0 amide bonds. The molecule has 0 saturated carbocycles. The summed E-state index contributed by atoms with van der Waals surface area (Å²) in [5.41, 5.74) is 8.68. The van der Waals surface area contributed by atoms with Crippen molar-refractivity contribution in [3.8, 4) is 0 Å². The average molecular weight is 340 g/mol. The van der Waals surface area contributed by atoms with Crippen LogP contribution in [0.25, 0.3) is 0 Å². The molecule has 0 radical (unpaired) electrons. The minimum Gasteiger partial charge on any atom is -0.369 e. The van der Waals surface area contributed by atoms with Gasteiger partial charge in [0.15, 0.2) is 0 Å². The Morgan fingerprint density at radius 2 is 1.75 bits per heavy atom. The van der Waals surface area contributed by atoms with E-state index in [1.165, 1.54) is 11.3 Å². The van der Waals surface area contributed by atoms with Crippen LogP contribution >= 0.6 is 15.9 Å². The van der Waals surface area contributed by atoms with Gasteiger partial charge in [0, 0.05) is 47.9 Å². The van der Waals surface area contributed by atoms with E-state index in [-0.39, 0.29) is 11.6 Å². The van der Waals surface area contributed by atoms with Crippen molar-refractivity contribution in [3.05, 3.63) is 28.2 Å². The summed E-state index contributed by atoms with van der Waals surface area (Å²) in [6.07, 6.45) is 0. The van der Waals surface area contributed by atoms with Crippen molar-refractivity contribution in [2.45, 2.75) is 39.3 Å². The van der Waals surface area contributed by atoms with Crippen molar-refractivity contribution in [2.24, 2.45) is 5.73 Å². The van der Waals surface area contributed by atoms with Crippen LogP contribution < -0.4 is 10.6 Å². The summed E-state index contributed by atoms with van der Waals surface area (Å²) in [6.45, 7) is 13.3. The molecule has 1 aliphatic heterocycles. The minimum absolute atomic E-state index is 0.0659. The predicted molar refractivity (Wildman–Crippen MR) is 90.3 cm³/mol. The van der Waals surface area contributed by atoms with E-state index in [0.717, 1.165) is 30.7 Å². The molecule has 1 heterocycles. The van der Waals surface area contributed by atoms with Crippen molar-refractivity contribution >= 4 is 21.6 Å². The summed E-state index contributed by atoms with van der Waals surface area (Å²) in [5.74, 6) is 0. The SMILES string of the molecule is CC(N)c1ccc(N2CCN(C(C)(C)C)CC2)cc1Br. The zero-order chi connectivity index (χ0) is 14.9. The molecule has 2 N–H and O–H groups in total. The number of hydrogen-bond donors (Lipinski definition) is 1. The predicted octanol–water partition coefficient (Wildman–Crippen LogP) is 3.39. The first-order valence-corrected chi connectivity index (χ1v) is 8.13. The molecule has 3 nitrogen and oxygen atoms in total. The standard InChI is InChI=1S/C16H26BrN3/c1-12(18)14-6-5-13(11-15(14)17)19-7-9-20(10-8-19)16(2,3)4/h5-6,11-12H,7-10,18H2,1-4H3. The van der Waals surface area contributed by atoms with Gasteiger partial charge in [-0.25, -0.2) is 0 Å². The maximum Gasteiger partial charge on any atom is 0.0378 e. The second-order valence-electron chi connectivity index (χ2n) is 6.64. The van der Waals surface area contributed by atoms with E-state index in [1.54, 1.807) is 0 Å². The van der Waals surface area contributed by atoms with Crippen molar-refractivity contribution in [3.63, 3.8) is 0 Å². The zero-order valence-electron chi connectivity index (χ0n) is 13.0. The molecule has 0 aromatic heterocycles. The fraction of sp³-hybridized carbons (Fsp3) is 0.625. The van der Waals surface area contributed by atoms with E-state index in [2.05, 4.69) is 64.7 Å². The van der Waals surface area contributed by atoms with Gasteiger partial charge >= 0.3 is 0 Å². The molecule has 1 aromatic carbocycles. The van der Waals surface area contributed by atoms with Crippen LogP contribution in [0.2, 0.25) is 0 Å². The van der Waals surface area contributed by atoms with E-state index in [1.807, 2.05) is 6.92 Å². The second kappa shape index (κ2) is 6.04. The monoisotopic (exact) mass is 339 g/mol. The van der Waals surface area contributed by atoms with Gasteiger partial charge in [-0.05, 0) is 45.4 Å². The third-order valence-electron chi connectivity index (χ3n) is 4.07. The molecule has 1 atom stereocenters. The topological polar surface area (TPSA) is 32.5 Å². The van der Waals surface area contributed by atoms with Crippen LogP contribution in [-0.4, -0.2) is 36.6 Å². The Hall–Kier alpha value is -0.580. The third kappa shape index (κ3) is 3.54. The normalized spacial score (nSPS) is 19.2. The lowest BCUT2D eigenvalue weighted by atomic mass is 10.0. The van der Waals surface area contributed by atoms with Gasteiger partial charge in [-0.3, -0.25) is 4.90 Å². The highest BCUT2D eigenvalue weighted by Gasteiger charge is 2.26. The Morgan fingerprint density at radius 1 is 1.15 bits per heavy atom. The van der Waals surface area contributed by atoms with Gasteiger partial charge in [0.25, 0.3) is 0 Å². The molecule has 0 spiro atoms. The Morgan fingerprint density at radius 3 is 2.20 bits per heavy atom. The lowest BCUT2D eigenvalue weighted by Gasteiger charge is -2.43. The summed E-state index contributed by atoms with van der Waals surface area (Å²) >= 11 is 3.64. The molecule has 20 heavy (non-hydrogen) atoms. The Bertz CT molecular complexity index is 457. The quantitative estimate of drug-likeness (QED) is 0.896. The van der Waals surface area contributed by atoms with Crippen molar-refractivity contribution in [2.75, 3.05) is 31.1 Å². The van der Waals surface area contributed by atoms with Gasteiger partial charge in [0.1, 0.15) is 0 Å². The van der Waals surface area contributed by atoms with Crippen LogP contribution in [0.3, 0.4) is 0 Å². The lowest BCUT2D eigenvalue weighted by Crippen LogP contribution is -2.53. The van der Waals surface area contributed by atoms with Crippen molar-refractivity contribution < 1.29 is 0 Å². The largest absolute Gasteiger partial charge is 0.369 e. The molecule has 1 unspecified atom stereocenters. The fourth-order valence-corrected chi connectivity index (χ4v) is 3.45.